The Morgan fingerprint density at radius 3 is 2.81 bits per heavy atom. The first-order chi connectivity index (χ1) is 10.2. The minimum atomic E-state index is -0.231. The van der Waals surface area contributed by atoms with Crippen LogP contribution in [0.25, 0.3) is 0 Å². The predicted octanol–water partition coefficient (Wildman–Crippen LogP) is 3.82. The summed E-state index contributed by atoms with van der Waals surface area (Å²) in [5.74, 6) is -0.316. The van der Waals surface area contributed by atoms with E-state index in [2.05, 4.69) is 10.6 Å². The van der Waals surface area contributed by atoms with Gasteiger partial charge in [0, 0.05) is 13.1 Å². The van der Waals surface area contributed by atoms with Gasteiger partial charge in [0.2, 0.25) is 5.91 Å². The summed E-state index contributed by atoms with van der Waals surface area (Å²) in [5.41, 5.74) is 2.75. The second-order valence-electron chi connectivity index (χ2n) is 4.97. The molecule has 3 nitrogen and oxygen atoms in total. The highest BCUT2D eigenvalue weighted by Crippen LogP contribution is 2.31. The van der Waals surface area contributed by atoms with Crippen molar-refractivity contribution in [3.63, 3.8) is 0 Å². The average molecular weight is 321 g/mol. The van der Waals surface area contributed by atoms with Crippen LogP contribution >= 0.6 is 23.2 Å². The Morgan fingerprint density at radius 1 is 1.14 bits per heavy atom. The number of nitrogens with one attached hydrogen (secondary N) is 2. The molecular weight excluding hydrogens is 307 g/mol. The number of fused-ring (bicyclic) bond motifs is 1. The van der Waals surface area contributed by atoms with E-state index in [1.807, 2.05) is 24.3 Å². The van der Waals surface area contributed by atoms with Gasteiger partial charge in [-0.1, -0.05) is 53.5 Å². The third-order valence-electron chi connectivity index (χ3n) is 3.62. The summed E-state index contributed by atoms with van der Waals surface area (Å²) in [6.45, 7) is 1.40. The van der Waals surface area contributed by atoms with Gasteiger partial charge in [-0.15, -0.1) is 0 Å². The number of benzene rings is 2. The van der Waals surface area contributed by atoms with Crippen molar-refractivity contribution in [1.82, 2.24) is 5.32 Å². The van der Waals surface area contributed by atoms with Crippen LogP contribution < -0.4 is 10.6 Å². The Bertz CT molecular complexity index is 688. The lowest BCUT2D eigenvalue weighted by Crippen LogP contribution is -2.35. The lowest BCUT2D eigenvalue weighted by atomic mass is 9.90. The Morgan fingerprint density at radius 2 is 1.95 bits per heavy atom. The fourth-order valence-corrected chi connectivity index (χ4v) is 2.90. The van der Waals surface area contributed by atoms with Crippen LogP contribution in [0.3, 0.4) is 0 Å². The van der Waals surface area contributed by atoms with Gasteiger partial charge in [-0.2, -0.15) is 0 Å². The largest absolute Gasteiger partial charge is 0.324 e. The SMILES string of the molecule is O=C(Nc1cccc(Cl)c1Cl)C1CNCc2ccccc21. The Kier molecular flexibility index (Phi) is 4.15. The fraction of sp³-hybridized carbons (Fsp3) is 0.188. The lowest BCUT2D eigenvalue weighted by molar-refractivity contribution is -0.117. The van der Waals surface area contributed by atoms with Gasteiger partial charge in [-0.25, -0.2) is 0 Å². The molecule has 2 aromatic carbocycles. The molecule has 1 heterocycles. The van der Waals surface area contributed by atoms with Crippen molar-refractivity contribution in [3.05, 3.63) is 63.6 Å². The molecule has 0 spiro atoms. The van der Waals surface area contributed by atoms with Gasteiger partial charge in [0.15, 0.2) is 0 Å². The summed E-state index contributed by atoms with van der Waals surface area (Å²) in [6.07, 6.45) is 0. The molecule has 1 atom stereocenters. The maximum Gasteiger partial charge on any atom is 0.233 e. The zero-order valence-corrected chi connectivity index (χ0v) is 12.7. The average Bonchev–Trinajstić information content (AvgIpc) is 2.51. The van der Waals surface area contributed by atoms with E-state index in [1.54, 1.807) is 18.2 Å². The maximum atomic E-state index is 12.5. The number of halogens is 2. The van der Waals surface area contributed by atoms with Gasteiger partial charge >= 0.3 is 0 Å². The zero-order chi connectivity index (χ0) is 14.8. The van der Waals surface area contributed by atoms with Gasteiger partial charge in [-0.3, -0.25) is 4.79 Å². The molecule has 0 fully saturated rings. The van der Waals surface area contributed by atoms with Gasteiger partial charge in [0.05, 0.1) is 21.7 Å². The Balaban J connectivity index is 1.85. The smallest absolute Gasteiger partial charge is 0.233 e. The number of hydrogen-bond acceptors (Lipinski definition) is 2. The number of carbonyl (C=O) groups excluding carboxylic acids is 1. The van der Waals surface area contributed by atoms with Crippen LogP contribution in [-0.2, 0) is 11.3 Å². The highest BCUT2D eigenvalue weighted by atomic mass is 35.5. The van der Waals surface area contributed by atoms with Crippen molar-refractivity contribution in [2.45, 2.75) is 12.5 Å². The van der Waals surface area contributed by atoms with E-state index in [0.29, 0.717) is 22.3 Å². The van der Waals surface area contributed by atoms with Crippen LogP contribution in [0, 0.1) is 0 Å². The molecule has 1 aliphatic rings. The first-order valence-electron chi connectivity index (χ1n) is 6.70. The van der Waals surface area contributed by atoms with Crippen molar-refractivity contribution in [2.75, 3.05) is 11.9 Å². The van der Waals surface area contributed by atoms with Crippen LogP contribution in [0.2, 0.25) is 10.0 Å². The van der Waals surface area contributed by atoms with Crippen molar-refractivity contribution in [1.29, 1.82) is 0 Å². The summed E-state index contributed by atoms with van der Waals surface area (Å²) < 4.78 is 0. The van der Waals surface area contributed by atoms with Gasteiger partial charge in [0.25, 0.3) is 0 Å². The monoisotopic (exact) mass is 320 g/mol. The number of hydrogen-bond donors (Lipinski definition) is 2. The van der Waals surface area contributed by atoms with E-state index in [0.717, 1.165) is 17.7 Å². The molecule has 5 heteroatoms. The van der Waals surface area contributed by atoms with E-state index in [1.165, 1.54) is 0 Å². The van der Waals surface area contributed by atoms with Crippen molar-refractivity contribution in [3.8, 4) is 0 Å². The van der Waals surface area contributed by atoms with Crippen molar-refractivity contribution in [2.24, 2.45) is 0 Å². The number of carbonyl (C=O) groups is 1. The van der Waals surface area contributed by atoms with Crippen LogP contribution in [-0.4, -0.2) is 12.5 Å². The molecule has 3 rings (SSSR count). The first-order valence-corrected chi connectivity index (χ1v) is 7.46. The van der Waals surface area contributed by atoms with Gasteiger partial charge < -0.3 is 10.6 Å². The van der Waals surface area contributed by atoms with Crippen molar-refractivity contribution >= 4 is 34.8 Å². The van der Waals surface area contributed by atoms with E-state index in [9.17, 15) is 4.79 Å². The molecule has 0 radical (unpaired) electrons. The van der Waals surface area contributed by atoms with Crippen LogP contribution in [0.15, 0.2) is 42.5 Å². The third-order valence-corrected chi connectivity index (χ3v) is 4.44. The van der Waals surface area contributed by atoms with E-state index < -0.39 is 0 Å². The lowest BCUT2D eigenvalue weighted by Gasteiger charge is -2.25. The number of rotatable bonds is 2. The molecule has 21 heavy (non-hydrogen) atoms. The first kappa shape index (κ1) is 14.4. The summed E-state index contributed by atoms with van der Waals surface area (Å²) in [4.78, 5) is 12.5. The zero-order valence-electron chi connectivity index (χ0n) is 11.2. The summed E-state index contributed by atoms with van der Waals surface area (Å²) in [5, 5.41) is 6.92. The van der Waals surface area contributed by atoms with E-state index in [-0.39, 0.29) is 11.8 Å². The molecule has 0 aliphatic carbocycles. The van der Waals surface area contributed by atoms with Gasteiger partial charge in [-0.05, 0) is 23.3 Å². The molecule has 0 aromatic heterocycles. The molecule has 2 aromatic rings. The Hall–Kier alpha value is -1.55. The Labute approximate surface area is 133 Å². The summed E-state index contributed by atoms with van der Waals surface area (Å²) >= 11 is 12.1. The van der Waals surface area contributed by atoms with Crippen LogP contribution in [0.5, 0.6) is 0 Å². The minimum Gasteiger partial charge on any atom is -0.324 e. The molecule has 1 amide bonds. The van der Waals surface area contributed by atoms with E-state index in [4.69, 9.17) is 23.2 Å². The second kappa shape index (κ2) is 6.06. The predicted molar refractivity (Wildman–Crippen MR) is 86.0 cm³/mol. The number of anilines is 1. The quantitative estimate of drug-likeness (QED) is 0.883. The second-order valence-corrected chi connectivity index (χ2v) is 5.76. The summed E-state index contributed by atoms with van der Waals surface area (Å²) in [6, 6.07) is 13.2. The number of amides is 1. The maximum absolute atomic E-state index is 12.5. The highest BCUT2D eigenvalue weighted by molar-refractivity contribution is 6.44. The molecule has 0 saturated heterocycles. The normalized spacial score (nSPS) is 17.1. The van der Waals surface area contributed by atoms with Crippen LogP contribution in [0.1, 0.15) is 17.0 Å². The molecule has 1 aliphatic heterocycles. The molecule has 2 N–H and O–H groups in total. The molecule has 0 bridgehead atoms. The topological polar surface area (TPSA) is 41.1 Å². The molecule has 1 unspecified atom stereocenters. The van der Waals surface area contributed by atoms with Crippen molar-refractivity contribution < 1.29 is 4.79 Å². The molecule has 108 valence electrons. The van der Waals surface area contributed by atoms with E-state index >= 15 is 0 Å². The third kappa shape index (κ3) is 2.91. The van der Waals surface area contributed by atoms with Crippen LogP contribution in [0.4, 0.5) is 5.69 Å². The molecular formula is C16H14Cl2N2O. The van der Waals surface area contributed by atoms with Gasteiger partial charge in [0.1, 0.15) is 0 Å². The fourth-order valence-electron chi connectivity index (χ4n) is 2.55. The minimum absolute atomic E-state index is 0.0844. The summed E-state index contributed by atoms with van der Waals surface area (Å²) in [7, 11) is 0. The molecule has 0 saturated carbocycles. The standard InChI is InChI=1S/C16H14Cl2N2O/c17-13-6-3-7-14(15(13)18)20-16(21)12-9-19-8-10-4-1-2-5-11(10)12/h1-7,12,19H,8-9H2,(H,20,21). The highest BCUT2D eigenvalue weighted by Gasteiger charge is 2.26.